The monoisotopic (exact) mass is 174 g/mol. The van der Waals surface area contributed by atoms with Gasteiger partial charge in [-0.25, -0.2) is 0 Å². The summed E-state index contributed by atoms with van der Waals surface area (Å²) in [7, 11) is 0. The van der Waals surface area contributed by atoms with Crippen molar-refractivity contribution in [2.24, 2.45) is 5.73 Å². The summed E-state index contributed by atoms with van der Waals surface area (Å²) in [6, 6.07) is 0. The number of hydrogen-bond donors (Lipinski definition) is 2. The third-order valence-corrected chi connectivity index (χ3v) is 1.87. The number of hydrogen-bond acceptors (Lipinski definition) is 4. The van der Waals surface area contributed by atoms with Crippen LogP contribution in [0.2, 0.25) is 0 Å². The van der Waals surface area contributed by atoms with Crippen LogP contribution in [-0.2, 0) is 9.53 Å². The van der Waals surface area contributed by atoms with E-state index in [-0.39, 0.29) is 25.2 Å². The normalized spacial score (nSPS) is 24.2. The number of morpholine rings is 1. The Labute approximate surface area is 71.1 Å². The highest BCUT2D eigenvalue weighted by Gasteiger charge is 2.22. The molecule has 0 aromatic carbocycles. The van der Waals surface area contributed by atoms with E-state index >= 15 is 0 Å². The van der Waals surface area contributed by atoms with Gasteiger partial charge in [0.05, 0.1) is 25.9 Å². The van der Waals surface area contributed by atoms with E-state index < -0.39 is 0 Å². The van der Waals surface area contributed by atoms with Crippen LogP contribution in [0.5, 0.6) is 0 Å². The summed E-state index contributed by atoms with van der Waals surface area (Å²) < 4.78 is 5.17. The number of aliphatic hydroxyl groups is 1. The zero-order valence-electron chi connectivity index (χ0n) is 6.90. The Kier molecular flexibility index (Phi) is 3.46. The smallest absolute Gasteiger partial charge is 0.236 e. The van der Waals surface area contributed by atoms with Gasteiger partial charge in [-0.1, -0.05) is 0 Å². The summed E-state index contributed by atoms with van der Waals surface area (Å²) in [6.45, 7) is 1.49. The summed E-state index contributed by atoms with van der Waals surface area (Å²) in [5.41, 5.74) is 5.20. The van der Waals surface area contributed by atoms with Crippen LogP contribution in [0.1, 0.15) is 0 Å². The second-order valence-corrected chi connectivity index (χ2v) is 2.72. The lowest BCUT2D eigenvalue weighted by molar-refractivity contribution is -0.138. The van der Waals surface area contributed by atoms with Crippen molar-refractivity contribution in [3.8, 4) is 0 Å². The number of aliphatic hydroxyl groups excluding tert-OH is 1. The van der Waals surface area contributed by atoms with Crippen molar-refractivity contribution in [1.82, 2.24) is 4.90 Å². The van der Waals surface area contributed by atoms with Gasteiger partial charge >= 0.3 is 0 Å². The molecule has 5 nitrogen and oxygen atoms in total. The molecule has 0 spiro atoms. The molecule has 1 rings (SSSR count). The van der Waals surface area contributed by atoms with E-state index in [1.54, 1.807) is 4.90 Å². The summed E-state index contributed by atoms with van der Waals surface area (Å²) in [5, 5.41) is 8.77. The number of amides is 1. The van der Waals surface area contributed by atoms with E-state index in [1.165, 1.54) is 0 Å². The van der Waals surface area contributed by atoms with Gasteiger partial charge in [0.25, 0.3) is 0 Å². The van der Waals surface area contributed by atoms with E-state index in [0.29, 0.717) is 19.7 Å². The van der Waals surface area contributed by atoms with Gasteiger partial charge in [-0.05, 0) is 0 Å². The fourth-order valence-electron chi connectivity index (χ4n) is 1.19. The first-order valence-electron chi connectivity index (χ1n) is 3.98. The van der Waals surface area contributed by atoms with Crippen LogP contribution in [0.15, 0.2) is 0 Å². The Morgan fingerprint density at radius 1 is 1.75 bits per heavy atom. The molecular weight excluding hydrogens is 160 g/mol. The van der Waals surface area contributed by atoms with Crippen molar-refractivity contribution in [1.29, 1.82) is 0 Å². The number of carbonyl (C=O) groups is 1. The number of rotatable bonds is 2. The quantitative estimate of drug-likeness (QED) is 0.516. The van der Waals surface area contributed by atoms with Gasteiger partial charge < -0.3 is 20.5 Å². The van der Waals surface area contributed by atoms with Crippen LogP contribution < -0.4 is 5.73 Å². The van der Waals surface area contributed by atoms with Gasteiger partial charge in [-0.3, -0.25) is 4.79 Å². The average molecular weight is 174 g/mol. The first-order chi connectivity index (χ1) is 5.77. The Balaban J connectivity index is 2.40. The minimum atomic E-state index is -0.241. The van der Waals surface area contributed by atoms with Gasteiger partial charge in [-0.2, -0.15) is 0 Å². The van der Waals surface area contributed by atoms with Crippen molar-refractivity contribution < 1.29 is 14.6 Å². The highest BCUT2D eigenvalue weighted by molar-refractivity contribution is 5.78. The lowest BCUT2D eigenvalue weighted by atomic mass is 10.3. The molecule has 0 bridgehead atoms. The molecule has 1 amide bonds. The molecular formula is C7H14N2O3. The minimum absolute atomic E-state index is 0.0259. The van der Waals surface area contributed by atoms with Gasteiger partial charge in [0.15, 0.2) is 0 Å². The lowest BCUT2D eigenvalue weighted by Crippen LogP contribution is -2.48. The average Bonchev–Trinajstić information content (AvgIpc) is 2.17. The molecule has 0 aromatic rings. The molecule has 1 heterocycles. The molecule has 0 aromatic heterocycles. The van der Waals surface area contributed by atoms with E-state index in [1.807, 2.05) is 0 Å². The molecule has 1 atom stereocenters. The third-order valence-electron chi connectivity index (χ3n) is 1.87. The maximum atomic E-state index is 11.1. The molecule has 1 saturated heterocycles. The number of nitrogens with zero attached hydrogens (tertiary/aromatic N) is 1. The molecule has 1 unspecified atom stereocenters. The Morgan fingerprint density at radius 2 is 2.50 bits per heavy atom. The van der Waals surface area contributed by atoms with Crippen molar-refractivity contribution >= 4 is 5.91 Å². The van der Waals surface area contributed by atoms with Crippen LogP contribution >= 0.6 is 0 Å². The Morgan fingerprint density at radius 3 is 3.08 bits per heavy atom. The van der Waals surface area contributed by atoms with Crippen molar-refractivity contribution in [2.75, 3.05) is 32.8 Å². The zero-order chi connectivity index (χ0) is 8.97. The van der Waals surface area contributed by atoms with E-state index in [2.05, 4.69) is 0 Å². The number of nitrogens with two attached hydrogens (primary N) is 1. The largest absolute Gasteiger partial charge is 0.394 e. The second-order valence-electron chi connectivity index (χ2n) is 2.72. The second kappa shape index (κ2) is 4.39. The van der Waals surface area contributed by atoms with E-state index in [9.17, 15) is 4.79 Å². The molecule has 1 aliphatic heterocycles. The zero-order valence-corrected chi connectivity index (χ0v) is 6.90. The van der Waals surface area contributed by atoms with Crippen LogP contribution in [-0.4, -0.2) is 54.9 Å². The summed E-state index contributed by atoms with van der Waals surface area (Å²) in [6.07, 6.45) is -0.241. The first kappa shape index (κ1) is 9.44. The summed E-state index contributed by atoms with van der Waals surface area (Å²) >= 11 is 0. The number of carbonyl (C=O) groups excluding carboxylic acids is 1. The van der Waals surface area contributed by atoms with Gasteiger partial charge in [-0.15, -0.1) is 0 Å². The Bertz CT molecular complexity index is 163. The lowest BCUT2D eigenvalue weighted by Gasteiger charge is -2.31. The van der Waals surface area contributed by atoms with Crippen LogP contribution in [0.25, 0.3) is 0 Å². The molecule has 0 saturated carbocycles. The molecule has 5 heteroatoms. The third kappa shape index (κ3) is 2.17. The topological polar surface area (TPSA) is 75.8 Å². The SMILES string of the molecule is NCC(=O)N1CCOC(CO)C1. The Hall–Kier alpha value is -0.650. The highest BCUT2D eigenvalue weighted by Crippen LogP contribution is 2.03. The fourth-order valence-corrected chi connectivity index (χ4v) is 1.19. The van der Waals surface area contributed by atoms with Crippen molar-refractivity contribution in [2.45, 2.75) is 6.10 Å². The maximum Gasteiger partial charge on any atom is 0.236 e. The molecule has 12 heavy (non-hydrogen) atoms. The predicted octanol–water partition coefficient (Wildman–Crippen LogP) is -1.84. The summed E-state index contributed by atoms with van der Waals surface area (Å²) in [4.78, 5) is 12.7. The predicted molar refractivity (Wildman–Crippen MR) is 42.5 cm³/mol. The van der Waals surface area contributed by atoms with Crippen molar-refractivity contribution in [3.63, 3.8) is 0 Å². The van der Waals surface area contributed by atoms with Crippen LogP contribution in [0.4, 0.5) is 0 Å². The molecule has 1 aliphatic rings. The first-order valence-corrected chi connectivity index (χ1v) is 3.98. The fraction of sp³-hybridized carbons (Fsp3) is 0.857. The molecule has 3 N–H and O–H groups in total. The standard InChI is InChI=1S/C7H14N2O3/c8-3-7(11)9-1-2-12-6(4-9)5-10/h6,10H,1-5,8H2. The minimum Gasteiger partial charge on any atom is -0.394 e. The molecule has 70 valence electrons. The van der Waals surface area contributed by atoms with E-state index in [0.717, 1.165) is 0 Å². The molecule has 1 fully saturated rings. The van der Waals surface area contributed by atoms with Gasteiger partial charge in [0.2, 0.25) is 5.91 Å². The number of ether oxygens (including phenoxy) is 1. The maximum absolute atomic E-state index is 11.1. The van der Waals surface area contributed by atoms with Crippen molar-refractivity contribution in [3.05, 3.63) is 0 Å². The molecule has 0 aliphatic carbocycles. The van der Waals surface area contributed by atoms with Crippen LogP contribution in [0, 0.1) is 0 Å². The van der Waals surface area contributed by atoms with Gasteiger partial charge in [0, 0.05) is 13.1 Å². The van der Waals surface area contributed by atoms with Crippen LogP contribution in [0.3, 0.4) is 0 Å². The molecule has 0 radical (unpaired) electrons. The van der Waals surface area contributed by atoms with E-state index in [4.69, 9.17) is 15.6 Å². The summed E-state index contributed by atoms with van der Waals surface area (Å²) in [5.74, 6) is -0.0863. The van der Waals surface area contributed by atoms with Gasteiger partial charge in [0.1, 0.15) is 0 Å². The highest BCUT2D eigenvalue weighted by atomic mass is 16.5.